The molecule has 2 aromatic rings. The molecule has 0 bridgehead atoms. The van der Waals surface area contributed by atoms with E-state index in [1.54, 1.807) is 19.2 Å². The van der Waals surface area contributed by atoms with Crippen LogP contribution in [-0.4, -0.2) is 19.4 Å². The lowest BCUT2D eigenvalue weighted by Crippen LogP contribution is -2.23. The van der Waals surface area contributed by atoms with Crippen molar-refractivity contribution in [1.29, 1.82) is 0 Å². The second kappa shape index (κ2) is 6.69. The molecule has 0 radical (unpaired) electrons. The molecule has 0 amide bonds. The fourth-order valence-corrected chi connectivity index (χ4v) is 3.59. The summed E-state index contributed by atoms with van der Waals surface area (Å²) >= 11 is 1.41. The van der Waals surface area contributed by atoms with Gasteiger partial charge in [-0.05, 0) is 6.92 Å². The second-order valence-corrected chi connectivity index (χ2v) is 7.63. The summed E-state index contributed by atoms with van der Waals surface area (Å²) in [7, 11) is -3.59. The maximum atomic E-state index is 12.3. The van der Waals surface area contributed by atoms with E-state index in [-0.39, 0.29) is 11.4 Å². The maximum absolute atomic E-state index is 12.3. The molecule has 0 saturated carbocycles. The molecule has 8 heteroatoms. The Morgan fingerprint density at radius 1 is 1.38 bits per heavy atom. The van der Waals surface area contributed by atoms with Crippen molar-refractivity contribution in [2.45, 2.75) is 44.8 Å². The number of hydrogen-bond donors (Lipinski definition) is 2. The third kappa shape index (κ3) is 4.37. The van der Waals surface area contributed by atoms with Gasteiger partial charge in [0.25, 0.3) is 0 Å². The van der Waals surface area contributed by atoms with E-state index in [9.17, 15) is 8.42 Å². The van der Waals surface area contributed by atoms with Gasteiger partial charge < -0.3 is 9.73 Å². The molecule has 2 rings (SSSR count). The first-order chi connectivity index (χ1) is 9.88. The summed E-state index contributed by atoms with van der Waals surface area (Å²) in [4.78, 5) is 4.23. The number of aromatic nitrogens is 1. The summed E-state index contributed by atoms with van der Waals surface area (Å²) in [6.45, 7) is 6.37. The number of nitrogens with zero attached hydrogens (tertiary/aromatic N) is 1. The van der Waals surface area contributed by atoms with Crippen LogP contribution in [0.2, 0.25) is 0 Å². The van der Waals surface area contributed by atoms with Crippen LogP contribution in [0.3, 0.4) is 0 Å². The normalized spacial score (nSPS) is 12.2. The average molecular weight is 329 g/mol. The Kier molecular flexibility index (Phi) is 5.15. The van der Waals surface area contributed by atoms with Gasteiger partial charge in [0.05, 0.1) is 13.1 Å². The number of hydrogen-bond acceptors (Lipinski definition) is 6. The molecular weight excluding hydrogens is 310 g/mol. The molecule has 2 heterocycles. The van der Waals surface area contributed by atoms with Crippen molar-refractivity contribution in [1.82, 2.24) is 15.0 Å². The van der Waals surface area contributed by atoms with Gasteiger partial charge in [0.1, 0.15) is 21.4 Å². The smallest absolute Gasteiger partial charge is 0.244 e. The van der Waals surface area contributed by atoms with E-state index in [1.165, 1.54) is 11.3 Å². The van der Waals surface area contributed by atoms with Crippen LogP contribution in [0.25, 0.3) is 0 Å². The Morgan fingerprint density at radius 2 is 2.14 bits per heavy atom. The second-order valence-electron chi connectivity index (χ2n) is 4.92. The summed E-state index contributed by atoms with van der Waals surface area (Å²) in [6, 6.07) is 1.87. The van der Waals surface area contributed by atoms with Gasteiger partial charge in [-0.2, -0.15) is 0 Å². The quantitative estimate of drug-likeness (QED) is 0.812. The van der Waals surface area contributed by atoms with Crippen molar-refractivity contribution in [3.05, 3.63) is 34.2 Å². The lowest BCUT2D eigenvalue weighted by molar-refractivity contribution is 0.444. The van der Waals surface area contributed by atoms with Gasteiger partial charge in [0, 0.05) is 23.7 Å². The Balaban J connectivity index is 2.08. The number of furan rings is 1. The monoisotopic (exact) mass is 329 g/mol. The van der Waals surface area contributed by atoms with Gasteiger partial charge in [-0.1, -0.05) is 13.8 Å². The van der Waals surface area contributed by atoms with Crippen molar-refractivity contribution in [3.8, 4) is 0 Å². The lowest BCUT2D eigenvalue weighted by Gasteiger charge is -2.04. The van der Waals surface area contributed by atoms with Gasteiger partial charge in [0.15, 0.2) is 0 Å². The first-order valence-electron chi connectivity index (χ1n) is 6.59. The van der Waals surface area contributed by atoms with E-state index in [4.69, 9.17) is 4.42 Å². The number of nitrogens with one attached hydrogen (secondary N) is 2. The van der Waals surface area contributed by atoms with Gasteiger partial charge in [0.2, 0.25) is 10.0 Å². The van der Waals surface area contributed by atoms with Crippen molar-refractivity contribution in [2.75, 3.05) is 0 Å². The minimum Gasteiger partial charge on any atom is -0.464 e. The van der Waals surface area contributed by atoms with Crippen LogP contribution in [0.15, 0.2) is 27.0 Å². The molecule has 0 aliphatic rings. The number of aryl methyl sites for hydroxylation is 1. The number of rotatable bonds is 7. The average Bonchev–Trinajstić information content (AvgIpc) is 3.03. The standard InChI is InChI=1S/C13H19N3O3S2/c1-9(2)15-7-11-6-12(10(3)19-11)21(17,18)16-8-13-14-4-5-20-13/h4-6,9,15-16H,7-8H2,1-3H3. The SMILES string of the molecule is Cc1oc(CNC(C)C)cc1S(=O)(=O)NCc1nccs1. The minimum absolute atomic E-state index is 0.180. The zero-order valence-electron chi connectivity index (χ0n) is 12.2. The molecule has 0 unspecified atom stereocenters. The Morgan fingerprint density at radius 3 is 2.76 bits per heavy atom. The molecule has 0 aliphatic carbocycles. The highest BCUT2D eigenvalue weighted by Gasteiger charge is 2.21. The summed E-state index contributed by atoms with van der Waals surface area (Å²) in [5, 5.41) is 5.72. The van der Waals surface area contributed by atoms with Gasteiger partial charge in [-0.25, -0.2) is 18.1 Å². The van der Waals surface area contributed by atoms with Gasteiger partial charge in [-0.15, -0.1) is 11.3 Å². The first kappa shape index (κ1) is 16.2. The molecule has 6 nitrogen and oxygen atoms in total. The molecule has 0 spiro atoms. The van der Waals surface area contributed by atoms with E-state index >= 15 is 0 Å². The molecule has 2 N–H and O–H groups in total. The fraction of sp³-hybridized carbons (Fsp3) is 0.462. The Hall–Kier alpha value is -1.22. The van der Waals surface area contributed by atoms with Crippen LogP contribution in [0.4, 0.5) is 0 Å². The van der Waals surface area contributed by atoms with Gasteiger partial charge in [-0.3, -0.25) is 0 Å². The molecule has 0 aliphatic heterocycles. The maximum Gasteiger partial charge on any atom is 0.244 e. The van der Waals surface area contributed by atoms with Crippen molar-refractivity contribution in [3.63, 3.8) is 0 Å². The largest absolute Gasteiger partial charge is 0.464 e. The molecule has 21 heavy (non-hydrogen) atoms. The van der Waals surface area contributed by atoms with Crippen molar-refractivity contribution < 1.29 is 12.8 Å². The summed E-state index contributed by atoms with van der Waals surface area (Å²) in [5.74, 6) is 0.998. The van der Waals surface area contributed by atoms with Crippen LogP contribution < -0.4 is 10.0 Å². The summed E-state index contributed by atoms with van der Waals surface area (Å²) in [5.41, 5.74) is 0. The zero-order chi connectivity index (χ0) is 15.5. The van der Waals surface area contributed by atoms with Crippen LogP contribution in [0.5, 0.6) is 0 Å². The number of sulfonamides is 1. The highest BCUT2D eigenvalue weighted by Crippen LogP contribution is 2.20. The molecule has 0 fully saturated rings. The van der Waals surface area contributed by atoms with E-state index in [1.807, 2.05) is 19.2 Å². The molecule has 0 saturated heterocycles. The van der Waals surface area contributed by atoms with Crippen LogP contribution in [0.1, 0.15) is 30.4 Å². The predicted molar refractivity (Wildman–Crippen MR) is 81.6 cm³/mol. The molecule has 0 atom stereocenters. The highest BCUT2D eigenvalue weighted by atomic mass is 32.2. The van der Waals surface area contributed by atoms with E-state index < -0.39 is 10.0 Å². The molecule has 2 aromatic heterocycles. The lowest BCUT2D eigenvalue weighted by atomic mass is 10.3. The first-order valence-corrected chi connectivity index (χ1v) is 8.95. The topological polar surface area (TPSA) is 84.2 Å². The van der Waals surface area contributed by atoms with E-state index in [0.29, 0.717) is 24.1 Å². The van der Waals surface area contributed by atoms with E-state index in [2.05, 4.69) is 15.0 Å². The summed E-state index contributed by atoms with van der Waals surface area (Å²) in [6.07, 6.45) is 1.65. The Bertz CT molecular complexity index is 676. The highest BCUT2D eigenvalue weighted by molar-refractivity contribution is 7.89. The predicted octanol–water partition coefficient (Wildman–Crippen LogP) is 2.02. The van der Waals surface area contributed by atoms with E-state index in [0.717, 1.165) is 5.01 Å². The summed E-state index contributed by atoms with van der Waals surface area (Å²) < 4.78 is 32.6. The third-order valence-corrected chi connectivity index (χ3v) is 5.08. The van der Waals surface area contributed by atoms with Crippen LogP contribution in [0, 0.1) is 6.92 Å². The molecular formula is C13H19N3O3S2. The minimum atomic E-state index is -3.59. The molecule has 0 aromatic carbocycles. The fourth-order valence-electron chi connectivity index (χ4n) is 1.76. The Labute approximate surface area is 128 Å². The van der Waals surface area contributed by atoms with Crippen LogP contribution >= 0.6 is 11.3 Å². The van der Waals surface area contributed by atoms with Crippen molar-refractivity contribution in [2.24, 2.45) is 0 Å². The van der Waals surface area contributed by atoms with Crippen molar-refractivity contribution >= 4 is 21.4 Å². The zero-order valence-corrected chi connectivity index (χ0v) is 13.8. The molecule has 116 valence electrons. The third-order valence-electron chi connectivity index (χ3n) is 2.79. The van der Waals surface area contributed by atoms with Crippen LogP contribution in [-0.2, 0) is 23.1 Å². The van der Waals surface area contributed by atoms with Gasteiger partial charge >= 0.3 is 0 Å². The number of thiazole rings is 1.